The second-order valence-electron chi connectivity index (χ2n) is 3.67. The minimum atomic E-state index is 0.364. The normalized spacial score (nSPS) is 25.2. The van der Waals surface area contributed by atoms with Crippen LogP contribution in [0.15, 0.2) is 42.6 Å². The molecule has 0 bridgehead atoms. The summed E-state index contributed by atoms with van der Waals surface area (Å²) in [5.74, 6) is 0.859. The molecule has 2 unspecified atom stereocenters. The van der Waals surface area contributed by atoms with Crippen LogP contribution in [-0.2, 0) is 0 Å². The minimum absolute atomic E-state index is 0.364. The number of hydrogen-bond acceptors (Lipinski definition) is 2. The molecule has 1 heterocycles. The molecule has 0 amide bonds. The first-order valence-corrected chi connectivity index (χ1v) is 4.84. The van der Waals surface area contributed by atoms with Gasteiger partial charge in [0, 0.05) is 23.5 Å². The predicted molar refractivity (Wildman–Crippen MR) is 58.8 cm³/mol. The predicted octanol–water partition coefficient (Wildman–Crippen LogP) is 2.51. The van der Waals surface area contributed by atoms with Gasteiger partial charge in [-0.1, -0.05) is 31.2 Å². The fraction of sp³-hybridized carbons (Fsp3) is 0.250. The number of anilines is 1. The van der Waals surface area contributed by atoms with E-state index in [-0.39, 0.29) is 0 Å². The molecule has 2 nitrogen and oxygen atoms in total. The number of rotatable bonds is 1. The molecule has 0 spiro atoms. The number of aromatic nitrogens is 1. The summed E-state index contributed by atoms with van der Waals surface area (Å²) >= 11 is 0. The molecule has 2 rings (SSSR count). The summed E-state index contributed by atoms with van der Waals surface area (Å²) in [6.45, 7) is 2.19. The van der Waals surface area contributed by atoms with Crippen LogP contribution in [0.4, 0.5) is 5.69 Å². The van der Waals surface area contributed by atoms with Gasteiger partial charge in [-0.2, -0.15) is 0 Å². The molecule has 2 atom stereocenters. The van der Waals surface area contributed by atoms with Crippen molar-refractivity contribution in [3.05, 3.63) is 48.3 Å². The second kappa shape index (κ2) is 3.66. The number of hydrogen-bond donors (Lipinski definition) is 1. The van der Waals surface area contributed by atoms with Gasteiger partial charge in [0.05, 0.1) is 0 Å². The summed E-state index contributed by atoms with van der Waals surface area (Å²) in [5.41, 5.74) is 7.56. The van der Waals surface area contributed by atoms with Gasteiger partial charge in [-0.3, -0.25) is 4.98 Å². The van der Waals surface area contributed by atoms with Crippen molar-refractivity contribution in [1.82, 2.24) is 4.98 Å². The summed E-state index contributed by atoms with van der Waals surface area (Å²) in [4.78, 5) is 4.35. The zero-order valence-electron chi connectivity index (χ0n) is 8.22. The highest BCUT2D eigenvalue weighted by molar-refractivity contribution is 5.40. The summed E-state index contributed by atoms with van der Waals surface area (Å²) in [5, 5.41) is 0. The van der Waals surface area contributed by atoms with Crippen molar-refractivity contribution in [2.45, 2.75) is 12.8 Å². The van der Waals surface area contributed by atoms with E-state index in [1.165, 1.54) is 0 Å². The summed E-state index contributed by atoms with van der Waals surface area (Å²) in [6.07, 6.45) is 10.3. The van der Waals surface area contributed by atoms with E-state index in [1.807, 2.05) is 12.1 Å². The van der Waals surface area contributed by atoms with Crippen LogP contribution < -0.4 is 5.73 Å². The van der Waals surface area contributed by atoms with Crippen LogP contribution in [0.25, 0.3) is 0 Å². The van der Waals surface area contributed by atoms with Crippen molar-refractivity contribution < 1.29 is 0 Å². The van der Waals surface area contributed by atoms with Crippen LogP contribution >= 0.6 is 0 Å². The highest BCUT2D eigenvalue weighted by Gasteiger charge is 2.17. The molecule has 0 radical (unpaired) electrons. The van der Waals surface area contributed by atoms with Crippen LogP contribution in [0.3, 0.4) is 0 Å². The molecule has 2 N–H and O–H groups in total. The maximum Gasteiger partial charge on any atom is 0.0498 e. The second-order valence-corrected chi connectivity index (χ2v) is 3.67. The average Bonchev–Trinajstić information content (AvgIpc) is 2.18. The van der Waals surface area contributed by atoms with Gasteiger partial charge >= 0.3 is 0 Å². The molecule has 0 saturated carbocycles. The molecule has 1 aromatic rings. The van der Waals surface area contributed by atoms with E-state index in [4.69, 9.17) is 5.73 Å². The Labute approximate surface area is 84.2 Å². The highest BCUT2D eigenvalue weighted by Crippen LogP contribution is 2.28. The van der Waals surface area contributed by atoms with E-state index in [0.29, 0.717) is 11.8 Å². The Bertz CT molecular complexity index is 380. The van der Waals surface area contributed by atoms with Gasteiger partial charge in [-0.05, 0) is 18.1 Å². The van der Waals surface area contributed by atoms with Crippen LogP contribution in [0.5, 0.6) is 0 Å². The van der Waals surface area contributed by atoms with Crippen LogP contribution in [-0.4, -0.2) is 4.98 Å². The maximum absolute atomic E-state index is 5.73. The van der Waals surface area contributed by atoms with Gasteiger partial charge in [-0.15, -0.1) is 0 Å². The van der Waals surface area contributed by atoms with Crippen LogP contribution in [0.1, 0.15) is 18.5 Å². The fourth-order valence-corrected chi connectivity index (χ4v) is 1.73. The van der Waals surface area contributed by atoms with E-state index in [9.17, 15) is 0 Å². The molecule has 0 fully saturated rings. The minimum Gasteiger partial charge on any atom is -0.399 e. The zero-order valence-corrected chi connectivity index (χ0v) is 8.22. The SMILES string of the molecule is CC1C=CC=CC1c1cc(N)ccn1. The molecule has 0 aliphatic heterocycles. The fourth-order valence-electron chi connectivity index (χ4n) is 1.73. The van der Waals surface area contributed by atoms with E-state index in [1.54, 1.807) is 6.20 Å². The van der Waals surface area contributed by atoms with Gasteiger partial charge in [0.15, 0.2) is 0 Å². The monoisotopic (exact) mass is 186 g/mol. The van der Waals surface area contributed by atoms with Gasteiger partial charge in [0.25, 0.3) is 0 Å². The largest absolute Gasteiger partial charge is 0.399 e. The van der Waals surface area contributed by atoms with Gasteiger partial charge in [-0.25, -0.2) is 0 Å². The lowest BCUT2D eigenvalue weighted by atomic mass is 9.87. The lowest BCUT2D eigenvalue weighted by Gasteiger charge is -2.19. The third-order valence-corrected chi connectivity index (χ3v) is 2.56. The number of allylic oxidation sites excluding steroid dienone is 4. The Kier molecular flexibility index (Phi) is 2.35. The number of nitrogens with two attached hydrogens (primary N) is 1. The number of pyridine rings is 1. The Morgan fingerprint density at radius 3 is 2.79 bits per heavy atom. The van der Waals surface area contributed by atoms with Crippen LogP contribution in [0, 0.1) is 5.92 Å². The quantitative estimate of drug-likeness (QED) is 0.732. The molecule has 1 aromatic heterocycles. The van der Waals surface area contributed by atoms with Gasteiger partial charge < -0.3 is 5.73 Å². The molecule has 1 aliphatic rings. The third-order valence-electron chi connectivity index (χ3n) is 2.56. The van der Waals surface area contributed by atoms with Crippen molar-refractivity contribution in [3.8, 4) is 0 Å². The highest BCUT2D eigenvalue weighted by atomic mass is 14.7. The van der Waals surface area contributed by atoms with E-state index >= 15 is 0 Å². The molecule has 0 saturated heterocycles. The molecule has 0 aromatic carbocycles. The molecule has 2 heteroatoms. The summed E-state index contributed by atoms with van der Waals surface area (Å²) in [6, 6.07) is 3.77. The zero-order chi connectivity index (χ0) is 9.97. The molecule has 14 heavy (non-hydrogen) atoms. The maximum atomic E-state index is 5.73. The van der Waals surface area contributed by atoms with Crippen molar-refractivity contribution in [2.24, 2.45) is 5.92 Å². The molecular formula is C12H14N2. The lowest BCUT2D eigenvalue weighted by Crippen LogP contribution is -2.09. The topological polar surface area (TPSA) is 38.9 Å². The smallest absolute Gasteiger partial charge is 0.0498 e. The van der Waals surface area contributed by atoms with E-state index in [0.717, 1.165) is 11.4 Å². The summed E-state index contributed by atoms with van der Waals surface area (Å²) in [7, 11) is 0. The Morgan fingerprint density at radius 1 is 1.29 bits per heavy atom. The van der Waals surface area contributed by atoms with Crippen molar-refractivity contribution in [1.29, 1.82) is 0 Å². The standard InChI is InChI=1S/C12H14N2/c1-9-4-2-3-5-11(9)12-8-10(13)6-7-14-12/h2-9,11H,1H3,(H2,13,14). The first-order valence-electron chi connectivity index (χ1n) is 4.84. The molecular weight excluding hydrogens is 172 g/mol. The van der Waals surface area contributed by atoms with Crippen LogP contribution in [0.2, 0.25) is 0 Å². The van der Waals surface area contributed by atoms with Gasteiger partial charge in [0.1, 0.15) is 0 Å². The molecule has 1 aliphatic carbocycles. The Morgan fingerprint density at radius 2 is 2.07 bits per heavy atom. The summed E-state index contributed by atoms with van der Waals surface area (Å²) < 4.78 is 0. The first kappa shape index (κ1) is 9.00. The van der Waals surface area contributed by atoms with Gasteiger partial charge in [0.2, 0.25) is 0 Å². The van der Waals surface area contributed by atoms with Crippen molar-refractivity contribution in [3.63, 3.8) is 0 Å². The van der Waals surface area contributed by atoms with Crippen molar-refractivity contribution >= 4 is 5.69 Å². The number of nitrogens with zero attached hydrogens (tertiary/aromatic N) is 1. The van der Waals surface area contributed by atoms with E-state index in [2.05, 4.69) is 36.2 Å². The molecule has 72 valence electrons. The average molecular weight is 186 g/mol. The third kappa shape index (κ3) is 1.69. The Hall–Kier alpha value is -1.57. The number of nitrogen functional groups attached to an aromatic ring is 1. The Balaban J connectivity index is 2.31. The first-order chi connectivity index (χ1) is 6.77. The lowest BCUT2D eigenvalue weighted by molar-refractivity contribution is 0.620. The van der Waals surface area contributed by atoms with E-state index < -0.39 is 0 Å². The van der Waals surface area contributed by atoms with Crippen molar-refractivity contribution in [2.75, 3.05) is 5.73 Å².